The maximum Gasteiger partial charge on any atom is 0.224 e. The molecule has 19 heavy (non-hydrogen) atoms. The van der Waals surface area contributed by atoms with E-state index in [4.69, 9.17) is 10.5 Å². The molecule has 1 rings (SSSR count). The first kappa shape index (κ1) is 16.0. The van der Waals surface area contributed by atoms with E-state index in [-0.39, 0.29) is 5.91 Å². The second-order valence-corrected chi connectivity index (χ2v) is 5.64. The predicted molar refractivity (Wildman–Crippen MR) is 81.5 cm³/mol. The quantitative estimate of drug-likeness (QED) is 0.843. The summed E-state index contributed by atoms with van der Waals surface area (Å²) in [7, 11) is 1.59. The Hall–Kier alpha value is -1.07. The molecule has 0 radical (unpaired) electrons. The van der Waals surface area contributed by atoms with Crippen molar-refractivity contribution in [3.8, 4) is 5.75 Å². The number of carbonyl (C=O) groups is 1. The third-order valence-corrected chi connectivity index (χ3v) is 3.47. The number of amides is 1. The molecule has 5 heteroatoms. The minimum absolute atomic E-state index is 0.0102. The van der Waals surface area contributed by atoms with Gasteiger partial charge in [0, 0.05) is 10.9 Å². The molecule has 4 nitrogen and oxygen atoms in total. The Kier molecular flexibility index (Phi) is 6.31. The van der Waals surface area contributed by atoms with Gasteiger partial charge in [0.15, 0.2) is 0 Å². The van der Waals surface area contributed by atoms with Gasteiger partial charge in [0.2, 0.25) is 5.91 Å². The van der Waals surface area contributed by atoms with Crippen molar-refractivity contribution < 1.29 is 9.53 Å². The van der Waals surface area contributed by atoms with E-state index in [0.29, 0.717) is 24.6 Å². The number of nitrogens with two attached hydrogens (primary N) is 1. The van der Waals surface area contributed by atoms with E-state index in [1.54, 1.807) is 7.11 Å². The van der Waals surface area contributed by atoms with Crippen LogP contribution in [-0.2, 0) is 4.79 Å². The van der Waals surface area contributed by atoms with Crippen LogP contribution in [0.5, 0.6) is 5.75 Å². The third kappa shape index (κ3) is 4.84. The van der Waals surface area contributed by atoms with Crippen molar-refractivity contribution in [1.82, 2.24) is 0 Å². The number of benzene rings is 1. The van der Waals surface area contributed by atoms with Gasteiger partial charge in [-0.05, 0) is 43.5 Å². The molecule has 0 aliphatic heterocycles. The molecule has 0 aliphatic carbocycles. The van der Waals surface area contributed by atoms with E-state index >= 15 is 0 Å². The Morgan fingerprint density at radius 3 is 2.79 bits per heavy atom. The molecule has 1 atom stereocenters. The standard InChI is InChI=1S/C14H21BrN2O2/c1-9(8-16)4-5-13(18)17-14-10(2)6-11(15)7-12(14)19-3/h6-7,9H,4-5,8,16H2,1-3H3,(H,17,18). The van der Waals surface area contributed by atoms with Gasteiger partial charge < -0.3 is 15.8 Å². The molecule has 0 fully saturated rings. The topological polar surface area (TPSA) is 64.3 Å². The Morgan fingerprint density at radius 1 is 1.53 bits per heavy atom. The molecule has 1 amide bonds. The number of hydrogen-bond acceptors (Lipinski definition) is 3. The van der Waals surface area contributed by atoms with Gasteiger partial charge in [0.1, 0.15) is 5.75 Å². The van der Waals surface area contributed by atoms with Crippen LogP contribution < -0.4 is 15.8 Å². The van der Waals surface area contributed by atoms with Gasteiger partial charge >= 0.3 is 0 Å². The Labute approximate surface area is 122 Å². The van der Waals surface area contributed by atoms with Gasteiger partial charge in [-0.3, -0.25) is 4.79 Å². The van der Waals surface area contributed by atoms with Crippen LogP contribution in [0, 0.1) is 12.8 Å². The number of hydrogen-bond donors (Lipinski definition) is 2. The van der Waals surface area contributed by atoms with Gasteiger partial charge in [0.05, 0.1) is 12.8 Å². The smallest absolute Gasteiger partial charge is 0.224 e. The number of aryl methyl sites for hydroxylation is 1. The summed E-state index contributed by atoms with van der Waals surface area (Å²) in [6.45, 7) is 4.58. The third-order valence-electron chi connectivity index (χ3n) is 3.02. The average molecular weight is 329 g/mol. The van der Waals surface area contributed by atoms with Crippen LogP contribution in [0.25, 0.3) is 0 Å². The van der Waals surface area contributed by atoms with Crippen molar-refractivity contribution >= 4 is 27.5 Å². The van der Waals surface area contributed by atoms with Gasteiger partial charge in [-0.25, -0.2) is 0 Å². The van der Waals surface area contributed by atoms with E-state index in [1.807, 2.05) is 26.0 Å². The molecule has 0 spiro atoms. The molecule has 3 N–H and O–H groups in total. The number of carbonyl (C=O) groups excluding carboxylic acids is 1. The highest BCUT2D eigenvalue weighted by Gasteiger charge is 2.12. The number of nitrogens with one attached hydrogen (secondary N) is 1. The first-order valence-electron chi connectivity index (χ1n) is 6.32. The lowest BCUT2D eigenvalue weighted by molar-refractivity contribution is -0.116. The summed E-state index contributed by atoms with van der Waals surface area (Å²) in [5.74, 6) is 1.01. The molecule has 0 saturated carbocycles. The zero-order valence-electron chi connectivity index (χ0n) is 11.6. The maximum absolute atomic E-state index is 11.9. The molecule has 1 unspecified atom stereocenters. The Balaban J connectivity index is 2.73. The molecule has 0 aromatic heterocycles. The lowest BCUT2D eigenvalue weighted by atomic mass is 10.1. The molecular weight excluding hydrogens is 308 g/mol. The monoisotopic (exact) mass is 328 g/mol. The first-order chi connectivity index (χ1) is 8.97. The summed E-state index contributed by atoms with van der Waals surface area (Å²) >= 11 is 3.41. The minimum Gasteiger partial charge on any atom is -0.495 e. The number of rotatable bonds is 6. The molecule has 0 heterocycles. The number of anilines is 1. The van der Waals surface area contributed by atoms with Crippen molar-refractivity contribution in [2.24, 2.45) is 11.7 Å². The fourth-order valence-electron chi connectivity index (χ4n) is 1.73. The normalized spacial score (nSPS) is 12.1. The van der Waals surface area contributed by atoms with Crippen LogP contribution in [-0.4, -0.2) is 19.6 Å². The van der Waals surface area contributed by atoms with E-state index in [0.717, 1.165) is 22.1 Å². The van der Waals surface area contributed by atoms with Crippen LogP contribution in [0.4, 0.5) is 5.69 Å². The fourth-order valence-corrected chi connectivity index (χ4v) is 2.28. The van der Waals surface area contributed by atoms with Crippen LogP contribution in [0.15, 0.2) is 16.6 Å². The largest absolute Gasteiger partial charge is 0.495 e. The van der Waals surface area contributed by atoms with Crippen molar-refractivity contribution in [3.05, 3.63) is 22.2 Å². The number of halogens is 1. The molecule has 1 aromatic carbocycles. The Bertz CT molecular complexity index is 449. The van der Waals surface area contributed by atoms with Crippen molar-refractivity contribution in [2.75, 3.05) is 19.0 Å². The van der Waals surface area contributed by atoms with Gasteiger partial charge in [-0.2, -0.15) is 0 Å². The second kappa shape index (κ2) is 7.50. The molecule has 0 aliphatic rings. The first-order valence-corrected chi connectivity index (χ1v) is 7.11. The van der Waals surface area contributed by atoms with Crippen LogP contribution in [0.1, 0.15) is 25.3 Å². The maximum atomic E-state index is 11.9. The Morgan fingerprint density at radius 2 is 2.21 bits per heavy atom. The predicted octanol–water partition coefficient (Wildman–Crippen LogP) is 3.08. The summed E-state index contributed by atoms with van der Waals surface area (Å²) in [6, 6.07) is 3.78. The van der Waals surface area contributed by atoms with Crippen molar-refractivity contribution in [2.45, 2.75) is 26.7 Å². The van der Waals surface area contributed by atoms with E-state index < -0.39 is 0 Å². The van der Waals surface area contributed by atoms with Gasteiger partial charge in [-0.1, -0.05) is 22.9 Å². The SMILES string of the molecule is COc1cc(Br)cc(C)c1NC(=O)CCC(C)CN. The van der Waals surface area contributed by atoms with E-state index in [9.17, 15) is 4.79 Å². The summed E-state index contributed by atoms with van der Waals surface area (Å²) in [6.07, 6.45) is 1.26. The number of ether oxygens (including phenoxy) is 1. The molecule has 106 valence electrons. The zero-order valence-corrected chi connectivity index (χ0v) is 13.2. The molecule has 1 aromatic rings. The van der Waals surface area contributed by atoms with Gasteiger partial charge in [0.25, 0.3) is 0 Å². The number of methoxy groups -OCH3 is 1. The fraction of sp³-hybridized carbons (Fsp3) is 0.500. The molecule has 0 bridgehead atoms. The molecule has 0 saturated heterocycles. The summed E-state index contributed by atoms with van der Waals surface area (Å²) < 4.78 is 6.22. The van der Waals surface area contributed by atoms with E-state index in [1.165, 1.54) is 0 Å². The lowest BCUT2D eigenvalue weighted by Crippen LogP contribution is -2.17. The summed E-state index contributed by atoms with van der Waals surface area (Å²) in [5.41, 5.74) is 7.24. The lowest BCUT2D eigenvalue weighted by Gasteiger charge is -2.14. The average Bonchev–Trinajstić information content (AvgIpc) is 2.38. The second-order valence-electron chi connectivity index (χ2n) is 4.73. The summed E-state index contributed by atoms with van der Waals surface area (Å²) in [4.78, 5) is 11.9. The zero-order chi connectivity index (χ0) is 14.4. The highest BCUT2D eigenvalue weighted by molar-refractivity contribution is 9.10. The van der Waals surface area contributed by atoms with E-state index in [2.05, 4.69) is 21.2 Å². The highest BCUT2D eigenvalue weighted by Crippen LogP contribution is 2.32. The van der Waals surface area contributed by atoms with Crippen molar-refractivity contribution in [1.29, 1.82) is 0 Å². The van der Waals surface area contributed by atoms with Crippen LogP contribution in [0.2, 0.25) is 0 Å². The molecular formula is C14H21BrN2O2. The minimum atomic E-state index is -0.0102. The van der Waals surface area contributed by atoms with Crippen LogP contribution >= 0.6 is 15.9 Å². The van der Waals surface area contributed by atoms with Gasteiger partial charge in [-0.15, -0.1) is 0 Å². The highest BCUT2D eigenvalue weighted by atomic mass is 79.9. The van der Waals surface area contributed by atoms with Crippen molar-refractivity contribution in [3.63, 3.8) is 0 Å². The van der Waals surface area contributed by atoms with Crippen LogP contribution in [0.3, 0.4) is 0 Å². The summed E-state index contributed by atoms with van der Waals surface area (Å²) in [5, 5.41) is 2.91.